The molecule has 0 aliphatic rings. The Morgan fingerprint density at radius 1 is 0.833 bits per heavy atom. The Bertz CT molecular complexity index is 1050. The number of carbonyl (C=O) groups is 1. The second-order valence-corrected chi connectivity index (χ2v) is 9.34. The van der Waals surface area contributed by atoms with Crippen LogP contribution in [0, 0.1) is 0 Å². The lowest BCUT2D eigenvalue weighted by Crippen LogP contribution is -2.41. The number of methoxy groups -OCH3 is 2. The largest absolute Gasteiger partial charge is 0.497 e. The Hall–Kier alpha value is -3.85. The predicted molar refractivity (Wildman–Crippen MR) is 140 cm³/mol. The van der Waals surface area contributed by atoms with Crippen molar-refractivity contribution in [3.8, 4) is 11.5 Å². The lowest BCUT2D eigenvalue weighted by atomic mass is 10.1. The summed E-state index contributed by atoms with van der Waals surface area (Å²) in [6.45, 7) is 7.80. The molecule has 9 heteroatoms. The van der Waals surface area contributed by atoms with Gasteiger partial charge in [-0.15, -0.1) is 0 Å². The number of nitrogens with zero attached hydrogens (tertiary/aromatic N) is 4. The third kappa shape index (κ3) is 8.13. The van der Waals surface area contributed by atoms with Crippen LogP contribution in [0.5, 0.6) is 11.5 Å². The molecule has 0 aliphatic heterocycles. The van der Waals surface area contributed by atoms with Gasteiger partial charge >= 0.3 is 6.09 Å². The predicted octanol–water partition coefficient (Wildman–Crippen LogP) is 4.52. The van der Waals surface area contributed by atoms with E-state index in [9.17, 15) is 4.79 Å². The van der Waals surface area contributed by atoms with Crippen LogP contribution in [0.1, 0.15) is 31.9 Å². The maximum atomic E-state index is 13.1. The Labute approximate surface area is 212 Å². The summed E-state index contributed by atoms with van der Waals surface area (Å²) < 4.78 is 16.2. The zero-order valence-electron chi connectivity index (χ0n) is 21.6. The van der Waals surface area contributed by atoms with E-state index in [-0.39, 0.29) is 5.95 Å². The maximum Gasteiger partial charge on any atom is 0.414 e. The Balaban J connectivity index is 1.82. The van der Waals surface area contributed by atoms with Gasteiger partial charge in [-0.1, -0.05) is 24.3 Å². The first kappa shape index (κ1) is 26.7. The molecule has 3 rings (SSSR count). The fourth-order valence-electron chi connectivity index (χ4n) is 3.55. The fourth-order valence-corrected chi connectivity index (χ4v) is 3.55. The molecule has 0 radical (unpaired) electrons. The van der Waals surface area contributed by atoms with Crippen LogP contribution < -0.4 is 20.1 Å². The van der Waals surface area contributed by atoms with Crippen LogP contribution >= 0.6 is 0 Å². The number of amides is 1. The van der Waals surface area contributed by atoms with Crippen LogP contribution in [0.15, 0.2) is 60.9 Å². The highest BCUT2D eigenvalue weighted by Gasteiger charge is 2.24. The maximum absolute atomic E-state index is 13.1. The normalized spacial score (nSPS) is 11.3. The van der Waals surface area contributed by atoms with Crippen LogP contribution in [-0.4, -0.2) is 53.9 Å². The minimum atomic E-state index is -0.643. The smallest absolute Gasteiger partial charge is 0.414 e. The summed E-state index contributed by atoms with van der Waals surface area (Å²) in [6.07, 6.45) is 2.59. The number of nitrogen functional groups attached to an aromatic ring is 1. The number of anilines is 2. The van der Waals surface area contributed by atoms with Crippen molar-refractivity contribution >= 4 is 17.7 Å². The molecule has 2 aromatic carbocycles. The van der Waals surface area contributed by atoms with E-state index in [1.54, 1.807) is 19.1 Å². The number of benzene rings is 2. The van der Waals surface area contributed by atoms with Crippen molar-refractivity contribution in [1.29, 1.82) is 0 Å². The van der Waals surface area contributed by atoms with Crippen molar-refractivity contribution in [3.63, 3.8) is 0 Å². The van der Waals surface area contributed by atoms with Crippen molar-refractivity contribution < 1.29 is 19.0 Å². The summed E-state index contributed by atoms with van der Waals surface area (Å²) in [5, 5.41) is 0. The first-order chi connectivity index (χ1) is 17.2. The summed E-state index contributed by atoms with van der Waals surface area (Å²) in [4.78, 5) is 25.0. The molecule has 0 bridgehead atoms. The molecule has 2 N–H and O–H groups in total. The summed E-state index contributed by atoms with van der Waals surface area (Å²) in [5.74, 6) is 1.75. The molecule has 192 valence electrons. The van der Waals surface area contributed by atoms with E-state index in [0.29, 0.717) is 31.9 Å². The molecule has 1 heterocycles. The van der Waals surface area contributed by atoms with Crippen LogP contribution in [-0.2, 0) is 17.8 Å². The summed E-state index contributed by atoms with van der Waals surface area (Å²) >= 11 is 0. The van der Waals surface area contributed by atoms with Gasteiger partial charge in [0.1, 0.15) is 17.1 Å². The number of ether oxygens (including phenoxy) is 3. The van der Waals surface area contributed by atoms with Gasteiger partial charge in [0.25, 0.3) is 0 Å². The lowest BCUT2D eigenvalue weighted by Gasteiger charge is -2.30. The van der Waals surface area contributed by atoms with Gasteiger partial charge in [-0.25, -0.2) is 14.8 Å². The number of nitrogens with two attached hydrogens (primary N) is 1. The van der Waals surface area contributed by atoms with E-state index in [2.05, 4.69) is 14.9 Å². The Morgan fingerprint density at radius 3 is 1.72 bits per heavy atom. The molecule has 1 aromatic heterocycles. The Kier molecular flexibility index (Phi) is 9.08. The molecule has 0 saturated heterocycles. The molecule has 0 atom stereocenters. The van der Waals surface area contributed by atoms with Crippen LogP contribution in [0.2, 0.25) is 0 Å². The molecule has 0 spiro atoms. The average Bonchev–Trinajstić information content (AvgIpc) is 2.85. The summed E-state index contributed by atoms with van der Waals surface area (Å²) in [6, 6.07) is 15.9. The molecule has 0 saturated carbocycles. The van der Waals surface area contributed by atoms with Gasteiger partial charge in [0.2, 0.25) is 5.95 Å². The SMILES string of the molecule is COc1ccc(CN(CCN(C(=O)OC(C)(C)C)c2cnc(N)nc2)Cc2ccc(OC)cc2)cc1. The first-order valence-electron chi connectivity index (χ1n) is 11.7. The van der Waals surface area contributed by atoms with E-state index in [1.165, 1.54) is 12.4 Å². The van der Waals surface area contributed by atoms with Gasteiger partial charge in [0, 0.05) is 26.2 Å². The zero-order chi connectivity index (χ0) is 26.1. The Morgan fingerprint density at radius 2 is 1.31 bits per heavy atom. The zero-order valence-corrected chi connectivity index (χ0v) is 21.6. The molecular weight excluding hydrogens is 458 g/mol. The molecule has 0 unspecified atom stereocenters. The second kappa shape index (κ2) is 12.2. The molecule has 1 amide bonds. The number of carbonyl (C=O) groups excluding carboxylic acids is 1. The summed E-state index contributed by atoms with van der Waals surface area (Å²) in [5.41, 5.74) is 7.79. The van der Waals surface area contributed by atoms with Crippen molar-refractivity contribution in [1.82, 2.24) is 14.9 Å². The van der Waals surface area contributed by atoms with E-state index >= 15 is 0 Å². The summed E-state index contributed by atoms with van der Waals surface area (Å²) in [7, 11) is 3.30. The highest BCUT2D eigenvalue weighted by atomic mass is 16.6. The van der Waals surface area contributed by atoms with Crippen LogP contribution in [0.25, 0.3) is 0 Å². The number of rotatable bonds is 10. The highest BCUT2D eigenvalue weighted by Crippen LogP contribution is 2.20. The molecule has 36 heavy (non-hydrogen) atoms. The van der Waals surface area contributed by atoms with Crippen molar-refractivity contribution in [2.24, 2.45) is 0 Å². The molecule has 0 fully saturated rings. The molecular formula is C27H35N5O4. The van der Waals surface area contributed by atoms with Gasteiger partial charge in [0.15, 0.2) is 0 Å². The average molecular weight is 494 g/mol. The van der Waals surface area contributed by atoms with Gasteiger partial charge in [-0.05, 0) is 56.2 Å². The first-order valence-corrected chi connectivity index (χ1v) is 11.7. The number of hydrogen-bond acceptors (Lipinski definition) is 8. The topological polar surface area (TPSA) is 103 Å². The van der Waals surface area contributed by atoms with Crippen molar-refractivity contribution in [2.75, 3.05) is 37.9 Å². The second-order valence-electron chi connectivity index (χ2n) is 9.34. The van der Waals surface area contributed by atoms with Crippen molar-refractivity contribution in [2.45, 2.75) is 39.5 Å². The quantitative estimate of drug-likeness (QED) is 0.440. The van der Waals surface area contributed by atoms with E-state index < -0.39 is 11.7 Å². The molecule has 3 aromatic rings. The van der Waals surface area contributed by atoms with Gasteiger partial charge in [-0.2, -0.15) is 0 Å². The fraction of sp³-hybridized carbons (Fsp3) is 0.370. The van der Waals surface area contributed by atoms with E-state index in [4.69, 9.17) is 19.9 Å². The highest BCUT2D eigenvalue weighted by molar-refractivity contribution is 5.87. The van der Waals surface area contributed by atoms with E-state index in [1.807, 2.05) is 69.3 Å². The molecule has 9 nitrogen and oxygen atoms in total. The van der Waals surface area contributed by atoms with Gasteiger partial charge in [0.05, 0.1) is 32.3 Å². The third-order valence-electron chi connectivity index (χ3n) is 5.35. The van der Waals surface area contributed by atoms with E-state index in [0.717, 1.165) is 22.6 Å². The third-order valence-corrected chi connectivity index (χ3v) is 5.35. The minimum absolute atomic E-state index is 0.142. The standard InChI is InChI=1S/C27H35N5O4/c1-27(2,3)36-26(33)32(22-16-29-25(28)30-17-22)15-14-31(18-20-6-10-23(34-4)11-7-20)19-21-8-12-24(35-5)13-9-21/h6-13,16-17H,14-15,18-19H2,1-5H3,(H2,28,29,30). The lowest BCUT2D eigenvalue weighted by molar-refractivity contribution is 0.0575. The monoisotopic (exact) mass is 493 g/mol. The van der Waals surface area contributed by atoms with Gasteiger partial charge in [-0.3, -0.25) is 9.80 Å². The van der Waals surface area contributed by atoms with Crippen LogP contribution in [0.3, 0.4) is 0 Å². The van der Waals surface area contributed by atoms with Gasteiger partial charge < -0.3 is 19.9 Å². The minimum Gasteiger partial charge on any atom is -0.497 e. The number of hydrogen-bond donors (Lipinski definition) is 1. The van der Waals surface area contributed by atoms with Crippen LogP contribution in [0.4, 0.5) is 16.4 Å². The number of aromatic nitrogens is 2. The van der Waals surface area contributed by atoms with Crippen molar-refractivity contribution in [3.05, 3.63) is 72.1 Å². The molecule has 0 aliphatic carbocycles.